The van der Waals surface area contributed by atoms with Crippen LogP contribution in [0.15, 0.2) is 28.4 Å². The Kier molecular flexibility index (Phi) is 4.66. The van der Waals surface area contributed by atoms with E-state index in [-0.39, 0.29) is 29.0 Å². The van der Waals surface area contributed by atoms with Crippen LogP contribution in [0.5, 0.6) is 11.5 Å². The second kappa shape index (κ2) is 6.48. The summed E-state index contributed by atoms with van der Waals surface area (Å²) in [6.07, 6.45) is 0.987. The van der Waals surface area contributed by atoms with Gasteiger partial charge < -0.3 is 15.3 Å². The first-order valence-electron chi connectivity index (χ1n) is 6.17. The number of carboxylic acids is 1. The predicted molar refractivity (Wildman–Crippen MR) is 81.2 cm³/mol. The van der Waals surface area contributed by atoms with Crippen LogP contribution in [0.1, 0.15) is 12.0 Å². The molecule has 9 heteroatoms. The normalized spacial score (nSPS) is 20.2. The number of amides is 1. The van der Waals surface area contributed by atoms with Crippen LogP contribution in [0.3, 0.4) is 0 Å². The molecule has 1 aliphatic rings. The molecule has 116 valence electrons. The third-order valence-corrected chi connectivity index (χ3v) is 4.07. The van der Waals surface area contributed by atoms with E-state index in [1.54, 1.807) is 0 Å². The largest absolute Gasteiger partial charge is 0.508 e. The topological polar surface area (TPSA) is 123 Å². The number of phenolic OH excluding ortho intramolecular Hbond substituents is 2. The Morgan fingerprint density at radius 3 is 2.82 bits per heavy atom. The van der Waals surface area contributed by atoms with Gasteiger partial charge in [0.15, 0.2) is 5.17 Å². The van der Waals surface area contributed by atoms with Crippen LogP contribution in [-0.2, 0) is 9.59 Å². The number of carbonyl (C=O) groups is 2. The molecule has 22 heavy (non-hydrogen) atoms. The van der Waals surface area contributed by atoms with Gasteiger partial charge in [-0.1, -0.05) is 11.8 Å². The van der Waals surface area contributed by atoms with E-state index in [0.717, 1.165) is 17.8 Å². The number of hydrogen-bond donors (Lipinski definition) is 3. The minimum absolute atomic E-state index is 0.0749. The lowest BCUT2D eigenvalue weighted by Crippen LogP contribution is -2.28. The molecule has 3 N–H and O–H groups in total. The lowest BCUT2D eigenvalue weighted by Gasteiger charge is -2.06. The molecular formula is C13H13N3O5S. The molecule has 1 aromatic carbocycles. The summed E-state index contributed by atoms with van der Waals surface area (Å²) in [6.45, 7) is 0. The maximum Gasteiger partial charge on any atom is 0.305 e. The molecule has 1 fully saturated rings. The molecule has 1 aliphatic heterocycles. The van der Waals surface area contributed by atoms with Crippen molar-refractivity contribution in [2.45, 2.75) is 11.7 Å². The van der Waals surface area contributed by atoms with E-state index >= 15 is 0 Å². The van der Waals surface area contributed by atoms with Crippen molar-refractivity contribution < 1.29 is 24.9 Å². The van der Waals surface area contributed by atoms with Crippen molar-refractivity contribution in [2.24, 2.45) is 10.2 Å². The fraction of sp³-hybridized carbons (Fsp3) is 0.231. The SMILES string of the molecule is CN1C(=O)C(CC(=O)O)SC1=NN=Cc1ccc(O)cc1O. The predicted octanol–water partition coefficient (Wildman–Crippen LogP) is 0.836. The summed E-state index contributed by atoms with van der Waals surface area (Å²) in [6, 6.07) is 4.01. The zero-order valence-corrected chi connectivity index (χ0v) is 12.3. The summed E-state index contributed by atoms with van der Waals surface area (Å²) < 4.78 is 0. The zero-order valence-electron chi connectivity index (χ0n) is 11.5. The highest BCUT2D eigenvalue weighted by atomic mass is 32.2. The second-order valence-electron chi connectivity index (χ2n) is 4.47. The molecule has 0 bridgehead atoms. The van der Waals surface area contributed by atoms with E-state index in [9.17, 15) is 19.8 Å². The average Bonchev–Trinajstić information content (AvgIpc) is 2.69. The number of rotatable bonds is 4. The van der Waals surface area contributed by atoms with E-state index in [1.807, 2.05) is 0 Å². The van der Waals surface area contributed by atoms with E-state index in [0.29, 0.717) is 5.56 Å². The Morgan fingerprint density at radius 2 is 2.18 bits per heavy atom. The number of carbonyl (C=O) groups excluding carboxylic acids is 1. The van der Waals surface area contributed by atoms with Crippen molar-refractivity contribution in [3.63, 3.8) is 0 Å². The number of aromatic hydroxyl groups is 2. The molecule has 1 aromatic rings. The summed E-state index contributed by atoms with van der Waals surface area (Å²) in [5.74, 6) is -1.63. The Hall–Kier alpha value is -2.55. The molecule has 1 atom stereocenters. The number of amidine groups is 1. The first kappa shape index (κ1) is 15.8. The van der Waals surface area contributed by atoms with Crippen molar-refractivity contribution in [3.05, 3.63) is 23.8 Å². The standard InChI is InChI=1S/C13H13N3O5S/c1-16-12(21)10(5-11(19)20)22-13(16)15-14-6-7-2-3-8(17)4-9(7)18/h2-4,6,10,17-18H,5H2,1H3,(H,19,20). The van der Waals surface area contributed by atoms with Crippen LogP contribution in [0.25, 0.3) is 0 Å². The van der Waals surface area contributed by atoms with Crippen molar-refractivity contribution in [1.29, 1.82) is 0 Å². The van der Waals surface area contributed by atoms with Gasteiger partial charge in [0, 0.05) is 18.7 Å². The molecule has 8 nitrogen and oxygen atoms in total. The van der Waals surface area contributed by atoms with Gasteiger partial charge in [0.2, 0.25) is 5.91 Å². The molecular weight excluding hydrogens is 310 g/mol. The van der Waals surface area contributed by atoms with Gasteiger partial charge in [-0.05, 0) is 12.1 Å². The lowest BCUT2D eigenvalue weighted by molar-refractivity contribution is -0.139. The summed E-state index contributed by atoms with van der Waals surface area (Å²) in [7, 11) is 1.49. The van der Waals surface area contributed by atoms with Crippen LogP contribution < -0.4 is 0 Å². The van der Waals surface area contributed by atoms with Gasteiger partial charge in [-0.25, -0.2) is 0 Å². The molecule has 0 saturated carbocycles. The summed E-state index contributed by atoms with van der Waals surface area (Å²) in [4.78, 5) is 23.7. The summed E-state index contributed by atoms with van der Waals surface area (Å²) in [5, 5.41) is 34.7. The summed E-state index contributed by atoms with van der Waals surface area (Å²) >= 11 is 1.03. The van der Waals surface area contributed by atoms with Gasteiger partial charge in [-0.15, -0.1) is 5.10 Å². The Morgan fingerprint density at radius 1 is 1.45 bits per heavy atom. The van der Waals surface area contributed by atoms with Gasteiger partial charge >= 0.3 is 5.97 Å². The number of nitrogens with zero attached hydrogens (tertiary/aromatic N) is 3. The maximum atomic E-state index is 11.8. The van der Waals surface area contributed by atoms with Crippen molar-refractivity contribution >= 4 is 35.0 Å². The number of phenols is 2. The van der Waals surface area contributed by atoms with Crippen LogP contribution in [0, 0.1) is 0 Å². The van der Waals surface area contributed by atoms with Crippen LogP contribution in [0.4, 0.5) is 0 Å². The molecule has 1 unspecified atom stereocenters. The van der Waals surface area contributed by atoms with Gasteiger partial charge in [0.05, 0.1) is 12.6 Å². The van der Waals surface area contributed by atoms with Crippen molar-refractivity contribution in [3.8, 4) is 11.5 Å². The number of carboxylic acid groups (broad SMARTS) is 1. The molecule has 1 amide bonds. The van der Waals surface area contributed by atoms with E-state index in [4.69, 9.17) is 5.11 Å². The van der Waals surface area contributed by atoms with Crippen molar-refractivity contribution in [2.75, 3.05) is 7.05 Å². The molecule has 0 aliphatic carbocycles. The molecule has 1 saturated heterocycles. The van der Waals surface area contributed by atoms with E-state index in [1.165, 1.54) is 30.3 Å². The average molecular weight is 323 g/mol. The maximum absolute atomic E-state index is 11.8. The molecule has 2 rings (SSSR count). The van der Waals surface area contributed by atoms with Crippen LogP contribution >= 0.6 is 11.8 Å². The highest BCUT2D eigenvalue weighted by Gasteiger charge is 2.37. The Balaban J connectivity index is 2.11. The first-order chi connectivity index (χ1) is 10.4. The number of hydrogen-bond acceptors (Lipinski definition) is 7. The van der Waals surface area contributed by atoms with Crippen LogP contribution in [0.2, 0.25) is 0 Å². The van der Waals surface area contributed by atoms with Gasteiger partial charge in [-0.2, -0.15) is 5.10 Å². The number of benzene rings is 1. The lowest BCUT2D eigenvalue weighted by atomic mass is 10.2. The van der Waals surface area contributed by atoms with Gasteiger partial charge in [0.1, 0.15) is 16.7 Å². The van der Waals surface area contributed by atoms with E-state index in [2.05, 4.69) is 10.2 Å². The fourth-order valence-corrected chi connectivity index (χ4v) is 2.81. The minimum atomic E-state index is -1.06. The minimum Gasteiger partial charge on any atom is -0.508 e. The zero-order chi connectivity index (χ0) is 16.3. The number of aliphatic carboxylic acids is 1. The Bertz CT molecular complexity index is 674. The third kappa shape index (κ3) is 3.55. The number of thioether (sulfide) groups is 1. The first-order valence-corrected chi connectivity index (χ1v) is 7.05. The monoisotopic (exact) mass is 323 g/mol. The summed E-state index contributed by atoms with van der Waals surface area (Å²) in [5.41, 5.74) is 0.348. The quantitative estimate of drug-likeness (QED) is 0.557. The highest BCUT2D eigenvalue weighted by Crippen LogP contribution is 2.28. The van der Waals surface area contributed by atoms with Gasteiger partial charge in [-0.3, -0.25) is 14.5 Å². The van der Waals surface area contributed by atoms with E-state index < -0.39 is 11.2 Å². The van der Waals surface area contributed by atoms with Gasteiger partial charge in [0.25, 0.3) is 0 Å². The van der Waals surface area contributed by atoms with Crippen molar-refractivity contribution in [1.82, 2.24) is 4.90 Å². The smallest absolute Gasteiger partial charge is 0.305 e. The third-order valence-electron chi connectivity index (χ3n) is 2.85. The van der Waals surface area contributed by atoms with Crippen LogP contribution in [-0.4, -0.2) is 55.8 Å². The second-order valence-corrected chi connectivity index (χ2v) is 5.64. The fourth-order valence-electron chi connectivity index (χ4n) is 1.73. The molecule has 1 heterocycles. The molecule has 0 aromatic heterocycles. The molecule has 0 radical (unpaired) electrons. The Labute approximate surface area is 129 Å². The molecule has 0 spiro atoms. The highest BCUT2D eigenvalue weighted by molar-refractivity contribution is 8.15.